The Kier molecular flexibility index (Phi) is 5.84. The summed E-state index contributed by atoms with van der Waals surface area (Å²) in [6.45, 7) is 4.15. The molecule has 0 spiro atoms. The summed E-state index contributed by atoms with van der Waals surface area (Å²) >= 11 is 0. The van der Waals surface area contributed by atoms with Gasteiger partial charge in [-0.3, -0.25) is 0 Å². The summed E-state index contributed by atoms with van der Waals surface area (Å²) in [6, 6.07) is 11.7. The van der Waals surface area contributed by atoms with Gasteiger partial charge < -0.3 is 10.1 Å². The highest BCUT2D eigenvalue weighted by atomic mass is 32.2. The molecule has 0 aliphatic carbocycles. The van der Waals surface area contributed by atoms with Crippen molar-refractivity contribution in [1.29, 1.82) is 0 Å². The van der Waals surface area contributed by atoms with Crippen molar-refractivity contribution in [2.75, 3.05) is 18.6 Å². The van der Waals surface area contributed by atoms with E-state index in [1.54, 1.807) is 13.0 Å². The summed E-state index contributed by atoms with van der Waals surface area (Å²) in [5, 5.41) is 2.16. The zero-order chi connectivity index (χ0) is 20.5. The minimum absolute atomic E-state index is 0.121. The summed E-state index contributed by atoms with van der Waals surface area (Å²) in [4.78, 5) is 0.121. The summed E-state index contributed by atoms with van der Waals surface area (Å²) in [5.74, 6) is 0.0382. The molecular formula is C20H25NO5S2. The highest BCUT2D eigenvalue weighted by Gasteiger charge is 2.45. The zero-order valence-electron chi connectivity index (χ0n) is 16.2. The second-order valence-electron chi connectivity index (χ2n) is 7.21. The number of benzene rings is 2. The van der Waals surface area contributed by atoms with Crippen LogP contribution < -0.4 is 10.1 Å². The summed E-state index contributed by atoms with van der Waals surface area (Å²) in [5.41, 5.74) is 2.78. The highest BCUT2D eigenvalue weighted by molar-refractivity contribution is 7.96. The lowest BCUT2D eigenvalue weighted by molar-refractivity contribution is 0.411. The Morgan fingerprint density at radius 3 is 2.43 bits per heavy atom. The molecule has 1 fully saturated rings. The lowest BCUT2D eigenvalue weighted by atomic mass is 10.1. The first kappa shape index (κ1) is 20.8. The molecule has 2 aromatic carbocycles. The molecule has 3 rings (SSSR count). The Labute approximate surface area is 166 Å². The third-order valence-electron chi connectivity index (χ3n) is 5.21. The van der Waals surface area contributed by atoms with E-state index in [1.807, 2.05) is 31.2 Å². The van der Waals surface area contributed by atoms with Crippen LogP contribution in [0.25, 0.3) is 0 Å². The van der Waals surface area contributed by atoms with Gasteiger partial charge >= 0.3 is 0 Å². The van der Waals surface area contributed by atoms with Gasteiger partial charge in [0.05, 0.1) is 28.8 Å². The normalized spacial score (nSPS) is 21.5. The van der Waals surface area contributed by atoms with E-state index in [9.17, 15) is 16.8 Å². The van der Waals surface area contributed by atoms with E-state index in [4.69, 9.17) is 4.74 Å². The number of hydrogen-bond donors (Lipinski definition) is 1. The fraction of sp³-hybridized carbons (Fsp3) is 0.400. The molecule has 8 heteroatoms. The van der Waals surface area contributed by atoms with Crippen LogP contribution in [0.15, 0.2) is 47.4 Å². The van der Waals surface area contributed by atoms with Crippen molar-refractivity contribution < 1.29 is 21.6 Å². The lowest BCUT2D eigenvalue weighted by Gasteiger charge is -2.21. The number of nitrogens with one attached hydrogen (secondary N) is 1. The summed E-state index contributed by atoms with van der Waals surface area (Å²) in [6.07, 6.45) is 0. The van der Waals surface area contributed by atoms with Gasteiger partial charge in [-0.15, -0.1) is 0 Å². The van der Waals surface area contributed by atoms with Gasteiger partial charge in [0, 0.05) is 12.6 Å². The van der Waals surface area contributed by atoms with Crippen LogP contribution in [-0.4, -0.2) is 46.7 Å². The van der Waals surface area contributed by atoms with Crippen molar-refractivity contribution in [3.8, 4) is 5.75 Å². The molecule has 0 amide bonds. The van der Waals surface area contributed by atoms with Crippen molar-refractivity contribution >= 4 is 19.7 Å². The molecule has 1 saturated heterocycles. The van der Waals surface area contributed by atoms with Gasteiger partial charge in [0.2, 0.25) is 0 Å². The quantitative estimate of drug-likeness (QED) is 0.765. The van der Waals surface area contributed by atoms with Gasteiger partial charge in [0.25, 0.3) is 0 Å². The Bertz CT molecular complexity index is 1080. The van der Waals surface area contributed by atoms with E-state index in [1.165, 1.54) is 19.2 Å². The van der Waals surface area contributed by atoms with E-state index in [2.05, 4.69) is 5.32 Å². The van der Waals surface area contributed by atoms with Crippen LogP contribution in [-0.2, 0) is 26.2 Å². The van der Waals surface area contributed by atoms with Crippen LogP contribution >= 0.6 is 0 Å². The SMILES string of the molecule is COc1ccc(S(=O)(=O)[C@H]2CS(=O)(=O)C[C@@H]2NCc2ccccc2C)cc1C. The Balaban J connectivity index is 1.89. The van der Waals surface area contributed by atoms with E-state index < -0.39 is 31.0 Å². The highest BCUT2D eigenvalue weighted by Crippen LogP contribution is 2.29. The van der Waals surface area contributed by atoms with Crippen LogP contribution in [0.3, 0.4) is 0 Å². The molecule has 1 N–H and O–H groups in total. The average molecular weight is 424 g/mol. The predicted molar refractivity (Wildman–Crippen MR) is 109 cm³/mol. The van der Waals surface area contributed by atoms with E-state index in [0.717, 1.165) is 11.1 Å². The molecule has 1 heterocycles. The molecule has 6 nitrogen and oxygen atoms in total. The standard InChI is InChI=1S/C20H25NO5S2/c1-14-6-4-5-7-16(14)11-21-18-12-27(22,23)13-20(18)28(24,25)17-8-9-19(26-3)15(2)10-17/h4-10,18,20-21H,11-13H2,1-3H3/t18-,20-/m0/s1. The molecule has 2 atom stereocenters. The first-order valence-corrected chi connectivity index (χ1v) is 12.4. The number of methoxy groups -OCH3 is 1. The third kappa shape index (κ3) is 4.24. The minimum atomic E-state index is -3.82. The minimum Gasteiger partial charge on any atom is -0.496 e. The first-order valence-electron chi connectivity index (χ1n) is 9.01. The number of ether oxygens (including phenoxy) is 1. The van der Waals surface area contributed by atoms with Crippen LogP contribution in [0, 0.1) is 13.8 Å². The van der Waals surface area contributed by atoms with Crippen molar-refractivity contribution in [2.45, 2.75) is 36.6 Å². The fourth-order valence-electron chi connectivity index (χ4n) is 3.56. The van der Waals surface area contributed by atoms with Gasteiger partial charge in [-0.05, 0) is 48.7 Å². The third-order valence-corrected chi connectivity index (χ3v) is 9.36. The van der Waals surface area contributed by atoms with Gasteiger partial charge in [-0.2, -0.15) is 0 Å². The molecule has 2 aromatic rings. The van der Waals surface area contributed by atoms with Gasteiger partial charge in [-0.1, -0.05) is 24.3 Å². The maximum absolute atomic E-state index is 13.2. The average Bonchev–Trinajstić information content (AvgIpc) is 2.96. The Morgan fingerprint density at radius 1 is 1.07 bits per heavy atom. The van der Waals surface area contributed by atoms with Crippen LogP contribution in [0.5, 0.6) is 5.75 Å². The molecule has 1 aliphatic heterocycles. The second-order valence-corrected chi connectivity index (χ2v) is 11.5. The largest absolute Gasteiger partial charge is 0.496 e. The topological polar surface area (TPSA) is 89.5 Å². The number of aryl methyl sites for hydroxylation is 2. The fourth-order valence-corrected chi connectivity index (χ4v) is 8.36. The van der Waals surface area contributed by atoms with Crippen LogP contribution in [0.1, 0.15) is 16.7 Å². The van der Waals surface area contributed by atoms with Crippen LogP contribution in [0.4, 0.5) is 0 Å². The smallest absolute Gasteiger partial charge is 0.183 e. The summed E-state index contributed by atoms with van der Waals surface area (Å²) < 4.78 is 56.1. The Morgan fingerprint density at radius 2 is 1.79 bits per heavy atom. The van der Waals surface area contributed by atoms with Crippen LogP contribution in [0.2, 0.25) is 0 Å². The van der Waals surface area contributed by atoms with Crippen molar-refractivity contribution in [3.05, 3.63) is 59.2 Å². The zero-order valence-corrected chi connectivity index (χ0v) is 17.8. The van der Waals surface area contributed by atoms with Crippen molar-refractivity contribution in [2.24, 2.45) is 0 Å². The second kappa shape index (κ2) is 7.85. The van der Waals surface area contributed by atoms with Crippen molar-refractivity contribution in [1.82, 2.24) is 5.32 Å². The van der Waals surface area contributed by atoms with E-state index >= 15 is 0 Å². The number of rotatable bonds is 6. The maximum atomic E-state index is 13.2. The van der Waals surface area contributed by atoms with Gasteiger partial charge in [0.1, 0.15) is 5.75 Å². The predicted octanol–water partition coefficient (Wildman–Crippen LogP) is 2.04. The first-order chi connectivity index (χ1) is 13.1. The molecule has 0 bridgehead atoms. The molecule has 152 valence electrons. The molecule has 0 radical (unpaired) electrons. The molecule has 0 unspecified atom stereocenters. The lowest BCUT2D eigenvalue weighted by Crippen LogP contribution is -2.43. The monoisotopic (exact) mass is 423 g/mol. The van der Waals surface area contributed by atoms with Crippen molar-refractivity contribution in [3.63, 3.8) is 0 Å². The molecule has 1 aliphatic rings. The summed E-state index contributed by atoms with van der Waals surface area (Å²) in [7, 11) is -5.74. The Hall–Kier alpha value is -1.90. The van der Waals surface area contributed by atoms with Gasteiger partial charge in [0.15, 0.2) is 19.7 Å². The van der Waals surface area contributed by atoms with E-state index in [0.29, 0.717) is 17.9 Å². The van der Waals surface area contributed by atoms with E-state index in [-0.39, 0.29) is 16.4 Å². The van der Waals surface area contributed by atoms with Gasteiger partial charge in [-0.25, -0.2) is 16.8 Å². The molecule has 28 heavy (non-hydrogen) atoms. The molecule has 0 aromatic heterocycles. The molecular weight excluding hydrogens is 398 g/mol. The number of sulfone groups is 2. The maximum Gasteiger partial charge on any atom is 0.183 e. The number of hydrogen-bond acceptors (Lipinski definition) is 6. The molecule has 0 saturated carbocycles.